The molecule has 0 atom stereocenters. The van der Waals surface area contributed by atoms with Crippen molar-refractivity contribution in [1.29, 1.82) is 0 Å². The van der Waals surface area contributed by atoms with Gasteiger partial charge in [-0.2, -0.15) is 0 Å². The first-order chi connectivity index (χ1) is 9.88. The fraction of sp³-hybridized carbons (Fsp3) is 0.143. The molecule has 0 radical (unpaired) electrons. The van der Waals surface area contributed by atoms with E-state index in [2.05, 4.69) is 5.32 Å². The Morgan fingerprint density at radius 3 is 2.52 bits per heavy atom. The molecule has 0 aliphatic carbocycles. The fourth-order valence-electron chi connectivity index (χ4n) is 1.95. The molecule has 2 aromatic rings. The molecule has 0 fully saturated rings. The molecule has 0 amide bonds. The van der Waals surface area contributed by atoms with Gasteiger partial charge in [-0.3, -0.25) is 0 Å². The molecular weight excluding hydrogens is 293 g/mol. The lowest BCUT2D eigenvalue weighted by molar-refractivity contribution is 0.598. The Kier molecular flexibility index (Phi) is 4.44. The third kappa shape index (κ3) is 3.93. The Hall–Kier alpha value is -2.12. The summed E-state index contributed by atoms with van der Waals surface area (Å²) < 4.78 is 36.5. The summed E-state index contributed by atoms with van der Waals surface area (Å²) in [5.41, 5.74) is 6.77. The first-order valence-corrected chi connectivity index (χ1v) is 7.82. The van der Waals surface area contributed by atoms with Crippen molar-refractivity contribution in [2.75, 3.05) is 17.6 Å². The molecule has 21 heavy (non-hydrogen) atoms. The van der Waals surface area contributed by atoms with Crippen LogP contribution in [0.25, 0.3) is 0 Å². The number of hydrogen-bond donors (Lipinski definition) is 3. The highest BCUT2D eigenvalue weighted by atomic mass is 32.2. The minimum Gasteiger partial charge on any atom is -0.399 e. The van der Waals surface area contributed by atoms with Gasteiger partial charge >= 0.3 is 0 Å². The number of rotatable bonds is 5. The maximum absolute atomic E-state index is 13.5. The second kappa shape index (κ2) is 6.11. The number of nitrogen functional groups attached to an aromatic ring is 1. The van der Waals surface area contributed by atoms with Crippen molar-refractivity contribution >= 4 is 21.4 Å². The number of nitrogens with one attached hydrogen (secondary N) is 1. The van der Waals surface area contributed by atoms with Crippen molar-refractivity contribution in [3.8, 4) is 0 Å². The molecule has 5 nitrogen and oxygen atoms in total. The zero-order chi connectivity index (χ0) is 15.5. The van der Waals surface area contributed by atoms with Gasteiger partial charge in [0.25, 0.3) is 0 Å². The first kappa shape index (κ1) is 15.3. The van der Waals surface area contributed by atoms with E-state index in [1.807, 2.05) is 0 Å². The fourth-order valence-corrected chi connectivity index (χ4v) is 2.70. The summed E-state index contributed by atoms with van der Waals surface area (Å²) >= 11 is 0. The monoisotopic (exact) mass is 309 g/mol. The Morgan fingerprint density at radius 1 is 1.14 bits per heavy atom. The molecule has 0 bridgehead atoms. The molecule has 0 aromatic heterocycles. The summed E-state index contributed by atoms with van der Waals surface area (Å²) in [5.74, 6) is -0.289. The van der Waals surface area contributed by atoms with Gasteiger partial charge in [-0.25, -0.2) is 17.9 Å². The standard InChI is InChI=1S/C14H16FN3O2S/c15-12-4-2-1-3-10(12)7-8-18-13-6-5-11(16)9-14(13)21(17,19)20/h1-6,9,18H,7-8,16H2,(H2,17,19,20). The minimum absolute atomic E-state index is 0.0731. The van der Waals surface area contributed by atoms with Crippen LogP contribution in [-0.4, -0.2) is 15.0 Å². The van der Waals surface area contributed by atoms with Crippen LogP contribution in [0.1, 0.15) is 5.56 Å². The van der Waals surface area contributed by atoms with E-state index in [-0.39, 0.29) is 10.7 Å². The van der Waals surface area contributed by atoms with Crippen LogP contribution < -0.4 is 16.2 Å². The Bertz CT molecular complexity index is 748. The molecular formula is C14H16FN3O2S. The number of anilines is 2. The first-order valence-electron chi connectivity index (χ1n) is 6.27. The average Bonchev–Trinajstić information content (AvgIpc) is 2.41. The highest BCUT2D eigenvalue weighted by Gasteiger charge is 2.14. The summed E-state index contributed by atoms with van der Waals surface area (Å²) in [7, 11) is -3.88. The molecule has 0 saturated carbocycles. The number of halogens is 1. The lowest BCUT2D eigenvalue weighted by Crippen LogP contribution is -2.16. The number of hydrogen-bond acceptors (Lipinski definition) is 4. The number of sulfonamides is 1. The van der Waals surface area contributed by atoms with E-state index in [1.54, 1.807) is 24.3 Å². The highest BCUT2D eigenvalue weighted by molar-refractivity contribution is 7.89. The van der Waals surface area contributed by atoms with Gasteiger partial charge in [0, 0.05) is 12.2 Å². The summed E-state index contributed by atoms with van der Waals surface area (Å²) in [6.07, 6.45) is 0.418. The summed E-state index contributed by atoms with van der Waals surface area (Å²) in [5, 5.41) is 8.09. The molecule has 0 saturated heterocycles. The van der Waals surface area contributed by atoms with Gasteiger partial charge in [-0.1, -0.05) is 18.2 Å². The van der Waals surface area contributed by atoms with Crippen molar-refractivity contribution < 1.29 is 12.8 Å². The van der Waals surface area contributed by atoms with Gasteiger partial charge in [0.1, 0.15) is 10.7 Å². The summed E-state index contributed by atoms with van der Waals surface area (Å²) in [4.78, 5) is -0.0731. The van der Waals surface area contributed by atoms with E-state index < -0.39 is 10.0 Å². The van der Waals surface area contributed by atoms with Gasteiger partial charge in [-0.05, 0) is 36.2 Å². The Balaban J connectivity index is 2.12. The molecule has 5 N–H and O–H groups in total. The van der Waals surface area contributed by atoms with Gasteiger partial charge in [0.05, 0.1) is 5.69 Å². The zero-order valence-electron chi connectivity index (χ0n) is 11.2. The van der Waals surface area contributed by atoms with Crippen LogP contribution in [0.3, 0.4) is 0 Å². The molecule has 0 unspecified atom stereocenters. The van der Waals surface area contributed by atoms with E-state index in [4.69, 9.17) is 10.9 Å². The normalized spacial score (nSPS) is 11.3. The van der Waals surface area contributed by atoms with Crippen molar-refractivity contribution in [3.63, 3.8) is 0 Å². The van der Waals surface area contributed by atoms with Crippen LogP contribution in [0, 0.1) is 5.82 Å². The highest BCUT2D eigenvalue weighted by Crippen LogP contribution is 2.22. The maximum atomic E-state index is 13.5. The molecule has 2 rings (SSSR count). The molecule has 0 spiro atoms. The summed E-state index contributed by atoms with van der Waals surface area (Å²) in [6, 6.07) is 10.8. The predicted molar refractivity (Wildman–Crippen MR) is 80.8 cm³/mol. The SMILES string of the molecule is Nc1ccc(NCCc2ccccc2F)c(S(N)(=O)=O)c1. The second-order valence-corrected chi connectivity index (χ2v) is 6.10. The molecule has 112 valence electrons. The van der Waals surface area contributed by atoms with Crippen LogP contribution in [0.15, 0.2) is 47.4 Å². The van der Waals surface area contributed by atoms with Crippen molar-refractivity contribution in [2.24, 2.45) is 5.14 Å². The topological polar surface area (TPSA) is 98.2 Å². The smallest absolute Gasteiger partial charge is 0.240 e. The van der Waals surface area contributed by atoms with Crippen LogP contribution >= 0.6 is 0 Å². The minimum atomic E-state index is -3.88. The number of nitrogens with two attached hydrogens (primary N) is 2. The van der Waals surface area contributed by atoms with Gasteiger partial charge in [-0.15, -0.1) is 0 Å². The van der Waals surface area contributed by atoms with Gasteiger partial charge < -0.3 is 11.1 Å². The van der Waals surface area contributed by atoms with Crippen molar-refractivity contribution in [3.05, 3.63) is 53.8 Å². The third-order valence-corrected chi connectivity index (χ3v) is 3.93. The van der Waals surface area contributed by atoms with E-state index in [0.29, 0.717) is 29.9 Å². The van der Waals surface area contributed by atoms with Gasteiger partial charge in [0.15, 0.2) is 0 Å². The van der Waals surface area contributed by atoms with Crippen molar-refractivity contribution in [1.82, 2.24) is 0 Å². The number of primary sulfonamides is 1. The summed E-state index contributed by atoms with van der Waals surface area (Å²) in [6.45, 7) is 0.368. The Labute approximate surface area is 122 Å². The van der Waals surface area contributed by atoms with E-state index >= 15 is 0 Å². The quantitative estimate of drug-likeness (QED) is 0.732. The Morgan fingerprint density at radius 2 is 1.86 bits per heavy atom. The number of benzene rings is 2. The maximum Gasteiger partial charge on any atom is 0.240 e. The largest absolute Gasteiger partial charge is 0.399 e. The van der Waals surface area contributed by atoms with Crippen LogP contribution in [0.5, 0.6) is 0 Å². The van der Waals surface area contributed by atoms with E-state index in [0.717, 1.165) is 0 Å². The van der Waals surface area contributed by atoms with Crippen LogP contribution in [-0.2, 0) is 16.4 Å². The van der Waals surface area contributed by atoms with Crippen LogP contribution in [0.4, 0.5) is 15.8 Å². The average molecular weight is 309 g/mol. The molecule has 7 heteroatoms. The lowest BCUT2D eigenvalue weighted by atomic mass is 10.1. The zero-order valence-corrected chi connectivity index (χ0v) is 12.0. The lowest BCUT2D eigenvalue weighted by Gasteiger charge is -2.11. The second-order valence-electron chi connectivity index (χ2n) is 4.57. The molecule has 0 aliphatic heterocycles. The predicted octanol–water partition coefficient (Wildman–Crippen LogP) is 1.71. The molecule has 0 aliphatic rings. The van der Waals surface area contributed by atoms with E-state index in [1.165, 1.54) is 18.2 Å². The molecule has 0 heterocycles. The van der Waals surface area contributed by atoms with Crippen LogP contribution in [0.2, 0.25) is 0 Å². The third-order valence-electron chi connectivity index (χ3n) is 2.98. The van der Waals surface area contributed by atoms with Gasteiger partial charge in [0.2, 0.25) is 10.0 Å². The van der Waals surface area contributed by atoms with Crippen molar-refractivity contribution in [2.45, 2.75) is 11.3 Å². The van der Waals surface area contributed by atoms with E-state index in [9.17, 15) is 12.8 Å². The molecule has 2 aromatic carbocycles.